The van der Waals surface area contributed by atoms with Gasteiger partial charge in [-0.15, -0.1) is 0 Å². The number of aromatic nitrogens is 3. The Bertz CT molecular complexity index is 809. The van der Waals surface area contributed by atoms with Crippen molar-refractivity contribution < 1.29 is 4.79 Å². The number of hydrogen-bond acceptors (Lipinski definition) is 3. The second-order valence-electron chi connectivity index (χ2n) is 5.03. The van der Waals surface area contributed by atoms with E-state index in [1.807, 2.05) is 43.3 Å². The highest BCUT2D eigenvalue weighted by molar-refractivity contribution is 5.93. The lowest BCUT2D eigenvalue weighted by molar-refractivity contribution is -0.114. The average Bonchev–Trinajstić information content (AvgIpc) is 2.90. The summed E-state index contributed by atoms with van der Waals surface area (Å²) >= 11 is 0. The molecule has 0 spiro atoms. The van der Waals surface area contributed by atoms with Gasteiger partial charge in [-0.05, 0) is 31.2 Å². The van der Waals surface area contributed by atoms with E-state index in [9.17, 15) is 4.79 Å². The number of nitrogens with zero attached hydrogens (tertiary/aromatic N) is 2. The number of carbonyl (C=O) groups is 1. The third-order valence-electron chi connectivity index (χ3n) is 3.31. The smallest absolute Gasteiger partial charge is 0.221 e. The third kappa shape index (κ3) is 2.74. The second kappa shape index (κ2) is 5.81. The maximum absolute atomic E-state index is 11.3. The molecule has 2 aromatic heterocycles. The number of carbonyl (C=O) groups excluding carboxylic acids is 1. The molecular formula is C17H16N4O. The van der Waals surface area contributed by atoms with Crippen molar-refractivity contribution >= 4 is 11.6 Å². The number of anilines is 1. The summed E-state index contributed by atoms with van der Waals surface area (Å²) in [5.74, 6) is 0.615. The summed E-state index contributed by atoms with van der Waals surface area (Å²) in [7, 11) is 0. The van der Waals surface area contributed by atoms with E-state index < -0.39 is 0 Å². The monoisotopic (exact) mass is 292 g/mol. The summed E-state index contributed by atoms with van der Waals surface area (Å²) in [6.45, 7) is 3.46. The van der Waals surface area contributed by atoms with E-state index in [0.717, 1.165) is 34.0 Å². The van der Waals surface area contributed by atoms with Crippen LogP contribution in [0.5, 0.6) is 0 Å². The van der Waals surface area contributed by atoms with Crippen LogP contribution in [-0.2, 0) is 4.79 Å². The zero-order valence-corrected chi connectivity index (χ0v) is 12.4. The lowest BCUT2D eigenvalue weighted by Crippen LogP contribution is -2.07. The van der Waals surface area contributed by atoms with E-state index in [1.54, 1.807) is 12.4 Å². The number of imidazole rings is 1. The molecule has 0 aliphatic heterocycles. The van der Waals surface area contributed by atoms with E-state index in [-0.39, 0.29) is 5.91 Å². The first-order valence-corrected chi connectivity index (χ1v) is 6.99. The van der Waals surface area contributed by atoms with Gasteiger partial charge in [0.05, 0.1) is 11.4 Å². The number of benzene rings is 1. The molecule has 2 N–H and O–H groups in total. The molecule has 22 heavy (non-hydrogen) atoms. The molecule has 5 nitrogen and oxygen atoms in total. The molecule has 0 saturated heterocycles. The fourth-order valence-electron chi connectivity index (χ4n) is 2.36. The Balaban J connectivity index is 2.06. The summed E-state index contributed by atoms with van der Waals surface area (Å²) in [6, 6.07) is 11.4. The van der Waals surface area contributed by atoms with E-state index in [0.29, 0.717) is 0 Å². The number of pyridine rings is 1. The molecule has 0 fully saturated rings. The van der Waals surface area contributed by atoms with Crippen LogP contribution >= 0.6 is 0 Å². The molecule has 0 saturated carbocycles. The van der Waals surface area contributed by atoms with Crippen LogP contribution in [0.4, 0.5) is 5.69 Å². The molecule has 0 aliphatic rings. The Morgan fingerprint density at radius 2 is 2.00 bits per heavy atom. The average molecular weight is 292 g/mol. The number of para-hydroxylation sites is 1. The molecule has 0 radical (unpaired) electrons. The third-order valence-corrected chi connectivity index (χ3v) is 3.31. The van der Waals surface area contributed by atoms with Gasteiger partial charge < -0.3 is 10.3 Å². The van der Waals surface area contributed by atoms with Crippen LogP contribution < -0.4 is 5.32 Å². The maximum Gasteiger partial charge on any atom is 0.221 e. The highest BCUT2D eigenvalue weighted by atomic mass is 16.1. The van der Waals surface area contributed by atoms with Gasteiger partial charge in [-0.1, -0.05) is 12.1 Å². The Kier molecular flexibility index (Phi) is 3.70. The molecular weight excluding hydrogens is 276 g/mol. The van der Waals surface area contributed by atoms with Crippen LogP contribution in [0.2, 0.25) is 0 Å². The first-order chi connectivity index (χ1) is 10.6. The van der Waals surface area contributed by atoms with E-state index >= 15 is 0 Å². The minimum atomic E-state index is -0.108. The molecule has 1 amide bonds. The van der Waals surface area contributed by atoms with Gasteiger partial charge in [0, 0.05) is 36.1 Å². The molecule has 0 atom stereocenters. The lowest BCUT2D eigenvalue weighted by atomic mass is 10.1. The largest absolute Gasteiger partial charge is 0.341 e. The Morgan fingerprint density at radius 1 is 1.18 bits per heavy atom. The minimum Gasteiger partial charge on any atom is -0.341 e. The SMILES string of the molecule is CC(=O)Nc1ccccc1-c1nc(-c2cccnc2)c(C)[nH]1. The van der Waals surface area contributed by atoms with Gasteiger partial charge in [0.1, 0.15) is 5.82 Å². The second-order valence-corrected chi connectivity index (χ2v) is 5.03. The quantitative estimate of drug-likeness (QED) is 0.777. The van der Waals surface area contributed by atoms with Gasteiger partial charge in [0.25, 0.3) is 0 Å². The van der Waals surface area contributed by atoms with Crippen LogP contribution in [0.3, 0.4) is 0 Å². The van der Waals surface area contributed by atoms with Crippen molar-refractivity contribution in [2.24, 2.45) is 0 Å². The Morgan fingerprint density at radius 3 is 2.73 bits per heavy atom. The van der Waals surface area contributed by atoms with Gasteiger partial charge in [-0.25, -0.2) is 4.98 Å². The first-order valence-electron chi connectivity index (χ1n) is 6.99. The highest BCUT2D eigenvalue weighted by Crippen LogP contribution is 2.29. The number of aryl methyl sites for hydroxylation is 1. The Hall–Kier alpha value is -2.95. The van der Waals surface area contributed by atoms with E-state index in [4.69, 9.17) is 0 Å². The predicted octanol–water partition coefficient (Wildman–Crippen LogP) is 3.41. The van der Waals surface area contributed by atoms with Crippen molar-refractivity contribution in [3.05, 3.63) is 54.5 Å². The maximum atomic E-state index is 11.3. The summed E-state index contributed by atoms with van der Waals surface area (Å²) in [6.07, 6.45) is 3.52. The van der Waals surface area contributed by atoms with Crippen LogP contribution in [-0.4, -0.2) is 20.9 Å². The molecule has 110 valence electrons. The van der Waals surface area contributed by atoms with Gasteiger partial charge in [0.15, 0.2) is 0 Å². The summed E-state index contributed by atoms with van der Waals surface area (Å²) in [4.78, 5) is 23.4. The van der Waals surface area contributed by atoms with Crippen molar-refractivity contribution in [2.75, 3.05) is 5.32 Å². The van der Waals surface area contributed by atoms with Gasteiger partial charge in [-0.3, -0.25) is 9.78 Å². The van der Waals surface area contributed by atoms with E-state index in [2.05, 4.69) is 20.3 Å². The summed E-state index contributed by atoms with van der Waals surface area (Å²) in [5, 5.41) is 2.83. The normalized spacial score (nSPS) is 10.5. The van der Waals surface area contributed by atoms with Crippen molar-refractivity contribution in [3.8, 4) is 22.6 Å². The summed E-state index contributed by atoms with van der Waals surface area (Å²) < 4.78 is 0. The number of rotatable bonds is 3. The molecule has 3 aromatic rings. The number of hydrogen-bond donors (Lipinski definition) is 2. The summed E-state index contributed by atoms with van der Waals surface area (Å²) in [5.41, 5.74) is 4.37. The number of amides is 1. The number of nitrogens with one attached hydrogen (secondary N) is 2. The lowest BCUT2D eigenvalue weighted by Gasteiger charge is -2.07. The van der Waals surface area contributed by atoms with Gasteiger partial charge in [-0.2, -0.15) is 0 Å². The molecule has 1 aromatic carbocycles. The Labute approximate surface area is 128 Å². The van der Waals surface area contributed by atoms with E-state index in [1.165, 1.54) is 6.92 Å². The molecule has 2 heterocycles. The van der Waals surface area contributed by atoms with Crippen molar-refractivity contribution in [1.82, 2.24) is 15.0 Å². The number of H-pyrrole nitrogens is 1. The van der Waals surface area contributed by atoms with Crippen LogP contribution in [0.1, 0.15) is 12.6 Å². The molecule has 0 aliphatic carbocycles. The fourth-order valence-corrected chi connectivity index (χ4v) is 2.36. The molecule has 0 unspecified atom stereocenters. The highest BCUT2D eigenvalue weighted by Gasteiger charge is 2.13. The molecule has 5 heteroatoms. The molecule has 3 rings (SSSR count). The van der Waals surface area contributed by atoms with Crippen LogP contribution in [0.25, 0.3) is 22.6 Å². The predicted molar refractivity (Wildman–Crippen MR) is 86.3 cm³/mol. The van der Waals surface area contributed by atoms with Gasteiger partial charge >= 0.3 is 0 Å². The van der Waals surface area contributed by atoms with Crippen molar-refractivity contribution in [1.29, 1.82) is 0 Å². The standard InChI is InChI=1S/C17H16N4O/c1-11-16(13-6-5-9-18-10-13)21-17(19-11)14-7-3-4-8-15(14)20-12(2)22/h3-10H,1-2H3,(H,19,21)(H,20,22). The fraction of sp³-hybridized carbons (Fsp3) is 0.118. The topological polar surface area (TPSA) is 70.7 Å². The zero-order chi connectivity index (χ0) is 15.5. The molecule has 0 bridgehead atoms. The van der Waals surface area contributed by atoms with Gasteiger partial charge in [0.2, 0.25) is 5.91 Å². The van der Waals surface area contributed by atoms with Crippen LogP contribution in [0.15, 0.2) is 48.8 Å². The van der Waals surface area contributed by atoms with Crippen molar-refractivity contribution in [2.45, 2.75) is 13.8 Å². The minimum absolute atomic E-state index is 0.108. The van der Waals surface area contributed by atoms with Crippen molar-refractivity contribution in [3.63, 3.8) is 0 Å². The van der Waals surface area contributed by atoms with Crippen LogP contribution in [0, 0.1) is 6.92 Å². The first kappa shape index (κ1) is 14.0. The zero-order valence-electron chi connectivity index (χ0n) is 12.4. The number of aromatic amines is 1.